The van der Waals surface area contributed by atoms with Gasteiger partial charge in [-0.15, -0.1) is 0 Å². The second-order valence-corrected chi connectivity index (χ2v) is 5.67. The molecule has 1 aliphatic rings. The summed E-state index contributed by atoms with van der Waals surface area (Å²) in [7, 11) is 0. The first-order valence-corrected chi connectivity index (χ1v) is 7.31. The van der Waals surface area contributed by atoms with Gasteiger partial charge in [0.1, 0.15) is 0 Å². The van der Waals surface area contributed by atoms with Gasteiger partial charge in [-0.2, -0.15) is 0 Å². The summed E-state index contributed by atoms with van der Waals surface area (Å²) in [6.07, 6.45) is 6.96. The Balaban J connectivity index is 2.73. The Morgan fingerprint density at radius 2 is 1.94 bits per heavy atom. The summed E-state index contributed by atoms with van der Waals surface area (Å²) >= 11 is 0. The van der Waals surface area contributed by atoms with Gasteiger partial charge in [0.2, 0.25) is 5.91 Å². The second-order valence-electron chi connectivity index (χ2n) is 5.67. The van der Waals surface area contributed by atoms with Crippen LogP contribution in [-0.2, 0) is 4.79 Å². The Hall–Kier alpha value is -0.610. The van der Waals surface area contributed by atoms with Crippen molar-refractivity contribution in [1.82, 2.24) is 4.90 Å². The molecule has 0 aromatic carbocycles. The lowest BCUT2D eigenvalue weighted by molar-refractivity contribution is -0.121. The molecule has 0 aromatic rings. The van der Waals surface area contributed by atoms with Crippen molar-refractivity contribution < 1.29 is 4.79 Å². The fourth-order valence-corrected chi connectivity index (χ4v) is 3.21. The number of nitrogens with zero attached hydrogens (tertiary/aromatic N) is 1. The average Bonchev–Trinajstić information content (AvgIpc) is 2.38. The fraction of sp³-hybridized carbons (Fsp3) is 0.929. The van der Waals surface area contributed by atoms with E-state index in [0.717, 1.165) is 31.7 Å². The van der Waals surface area contributed by atoms with Crippen LogP contribution in [0.25, 0.3) is 0 Å². The molecule has 0 saturated heterocycles. The third-order valence-corrected chi connectivity index (χ3v) is 4.50. The number of carbonyl (C=O) groups excluding carboxylic acids is 1. The first kappa shape index (κ1) is 15.4. The Labute approximate surface area is 111 Å². The Morgan fingerprint density at radius 3 is 2.33 bits per heavy atom. The molecule has 0 aromatic heterocycles. The van der Waals surface area contributed by atoms with Gasteiger partial charge in [0.05, 0.1) is 6.54 Å². The fourth-order valence-electron chi connectivity index (χ4n) is 3.21. The summed E-state index contributed by atoms with van der Waals surface area (Å²) in [4.78, 5) is 13.5. The third-order valence-electron chi connectivity index (χ3n) is 4.50. The molecule has 4 N–H and O–H groups in total. The molecule has 0 spiro atoms. The normalized spacial score (nSPS) is 28.6. The molecule has 4 heteroatoms. The van der Waals surface area contributed by atoms with E-state index in [1.165, 1.54) is 19.3 Å². The maximum Gasteiger partial charge on any atom is 0.231 e. The van der Waals surface area contributed by atoms with Crippen LogP contribution in [0.4, 0.5) is 0 Å². The molecule has 0 radical (unpaired) electrons. The van der Waals surface area contributed by atoms with E-state index in [2.05, 4.69) is 18.7 Å². The number of nitrogens with two attached hydrogens (primary N) is 2. The molecule has 0 atom stereocenters. The van der Waals surface area contributed by atoms with Gasteiger partial charge >= 0.3 is 0 Å². The van der Waals surface area contributed by atoms with E-state index in [0.29, 0.717) is 13.1 Å². The first-order chi connectivity index (χ1) is 8.57. The Kier molecular flexibility index (Phi) is 6.09. The largest absolute Gasteiger partial charge is 0.369 e. The van der Waals surface area contributed by atoms with Gasteiger partial charge in [0, 0.05) is 12.1 Å². The van der Waals surface area contributed by atoms with Crippen molar-refractivity contribution in [3.63, 3.8) is 0 Å². The van der Waals surface area contributed by atoms with Gasteiger partial charge in [0.25, 0.3) is 0 Å². The van der Waals surface area contributed by atoms with Gasteiger partial charge in [-0.25, -0.2) is 0 Å². The van der Waals surface area contributed by atoms with Crippen molar-refractivity contribution in [2.24, 2.45) is 17.4 Å². The van der Waals surface area contributed by atoms with Crippen LogP contribution in [0.3, 0.4) is 0 Å². The predicted molar refractivity (Wildman–Crippen MR) is 75.1 cm³/mol. The molecule has 1 aliphatic carbocycles. The van der Waals surface area contributed by atoms with Crippen LogP contribution in [-0.4, -0.2) is 36.0 Å². The van der Waals surface area contributed by atoms with Gasteiger partial charge in [0.15, 0.2) is 0 Å². The molecule has 1 saturated carbocycles. The van der Waals surface area contributed by atoms with E-state index in [1.807, 2.05) is 0 Å². The molecular weight excluding hydrogens is 226 g/mol. The lowest BCUT2D eigenvalue weighted by Gasteiger charge is -2.47. The smallest absolute Gasteiger partial charge is 0.231 e. The van der Waals surface area contributed by atoms with Crippen molar-refractivity contribution in [1.29, 1.82) is 0 Å². The van der Waals surface area contributed by atoms with E-state index in [-0.39, 0.29) is 11.4 Å². The Bertz CT molecular complexity index is 260. The van der Waals surface area contributed by atoms with E-state index >= 15 is 0 Å². The van der Waals surface area contributed by atoms with Crippen LogP contribution in [0.15, 0.2) is 0 Å². The topological polar surface area (TPSA) is 72.3 Å². The number of carbonyl (C=O) groups is 1. The number of hydrogen-bond acceptors (Lipinski definition) is 3. The van der Waals surface area contributed by atoms with E-state index < -0.39 is 0 Å². The molecule has 1 fully saturated rings. The highest BCUT2D eigenvalue weighted by Crippen LogP contribution is 2.37. The van der Waals surface area contributed by atoms with Gasteiger partial charge in [-0.05, 0) is 44.6 Å². The monoisotopic (exact) mass is 255 g/mol. The van der Waals surface area contributed by atoms with Crippen molar-refractivity contribution in [2.75, 3.05) is 19.6 Å². The van der Waals surface area contributed by atoms with E-state index in [4.69, 9.17) is 11.5 Å². The summed E-state index contributed by atoms with van der Waals surface area (Å²) in [6, 6.07) is 0. The summed E-state index contributed by atoms with van der Waals surface area (Å²) in [5, 5.41) is 0. The maximum absolute atomic E-state index is 11.2. The molecule has 1 rings (SSSR count). The molecular formula is C14H29N3O. The summed E-state index contributed by atoms with van der Waals surface area (Å²) < 4.78 is 0. The lowest BCUT2D eigenvalue weighted by Crippen LogP contribution is -2.58. The molecule has 0 heterocycles. The van der Waals surface area contributed by atoms with Crippen molar-refractivity contribution in [3.8, 4) is 0 Å². The number of amides is 1. The standard InChI is InChI=1S/C14H29N3O/c1-3-9-17(10-13(16)18)14(11-15)7-5-12(4-2)6-8-14/h12H,3-11,15H2,1-2H3,(H2,16,18). The van der Waals surface area contributed by atoms with Gasteiger partial charge in [-0.3, -0.25) is 9.69 Å². The van der Waals surface area contributed by atoms with Gasteiger partial charge in [-0.1, -0.05) is 20.3 Å². The van der Waals surface area contributed by atoms with Crippen LogP contribution in [0.1, 0.15) is 52.4 Å². The third kappa shape index (κ3) is 3.69. The quantitative estimate of drug-likeness (QED) is 0.724. The molecule has 18 heavy (non-hydrogen) atoms. The van der Waals surface area contributed by atoms with Crippen molar-refractivity contribution >= 4 is 5.91 Å². The SMILES string of the molecule is CCCN(CC(N)=O)C1(CN)CCC(CC)CC1. The predicted octanol–water partition coefficient (Wildman–Crippen LogP) is 1.48. The highest BCUT2D eigenvalue weighted by atomic mass is 16.1. The molecule has 0 bridgehead atoms. The van der Waals surface area contributed by atoms with Crippen LogP contribution in [0.5, 0.6) is 0 Å². The van der Waals surface area contributed by atoms with E-state index in [1.54, 1.807) is 0 Å². The molecule has 1 amide bonds. The number of hydrogen-bond donors (Lipinski definition) is 2. The lowest BCUT2D eigenvalue weighted by atomic mass is 9.74. The molecule has 0 aliphatic heterocycles. The average molecular weight is 255 g/mol. The minimum atomic E-state index is -0.242. The van der Waals surface area contributed by atoms with Crippen LogP contribution >= 0.6 is 0 Å². The van der Waals surface area contributed by atoms with Crippen LogP contribution in [0.2, 0.25) is 0 Å². The minimum Gasteiger partial charge on any atom is -0.369 e. The Morgan fingerprint density at radius 1 is 1.33 bits per heavy atom. The van der Waals surface area contributed by atoms with E-state index in [9.17, 15) is 4.79 Å². The number of primary amides is 1. The molecule has 106 valence electrons. The zero-order chi connectivity index (χ0) is 13.6. The molecule has 4 nitrogen and oxygen atoms in total. The minimum absolute atomic E-state index is 0.0106. The first-order valence-electron chi connectivity index (χ1n) is 7.31. The highest BCUT2D eigenvalue weighted by molar-refractivity contribution is 5.76. The summed E-state index contributed by atoms with van der Waals surface area (Å²) in [5.41, 5.74) is 11.4. The maximum atomic E-state index is 11.2. The van der Waals surface area contributed by atoms with Crippen LogP contribution < -0.4 is 11.5 Å². The van der Waals surface area contributed by atoms with Crippen LogP contribution in [0, 0.1) is 5.92 Å². The zero-order valence-electron chi connectivity index (χ0n) is 12.0. The van der Waals surface area contributed by atoms with Gasteiger partial charge < -0.3 is 11.5 Å². The second kappa shape index (κ2) is 7.10. The van der Waals surface area contributed by atoms with Crippen molar-refractivity contribution in [3.05, 3.63) is 0 Å². The molecule has 0 unspecified atom stereocenters. The highest BCUT2D eigenvalue weighted by Gasteiger charge is 2.38. The summed E-state index contributed by atoms with van der Waals surface area (Å²) in [5.74, 6) is 0.593. The summed E-state index contributed by atoms with van der Waals surface area (Å²) in [6.45, 7) is 6.29. The van der Waals surface area contributed by atoms with Crippen molar-refractivity contribution in [2.45, 2.75) is 57.9 Å². The zero-order valence-corrected chi connectivity index (χ0v) is 12.0. The number of rotatable bonds is 7.